The number of hydrogen-bond acceptors (Lipinski definition) is 5. The van der Waals surface area contributed by atoms with Crippen molar-refractivity contribution in [2.75, 3.05) is 26.2 Å². The Morgan fingerprint density at radius 2 is 1.92 bits per heavy atom. The predicted molar refractivity (Wildman–Crippen MR) is 88.8 cm³/mol. The fourth-order valence-corrected chi connectivity index (χ4v) is 3.96. The van der Waals surface area contributed by atoms with E-state index >= 15 is 0 Å². The summed E-state index contributed by atoms with van der Waals surface area (Å²) >= 11 is 0. The molecule has 7 heteroatoms. The van der Waals surface area contributed by atoms with Gasteiger partial charge in [0.25, 0.3) is 11.8 Å². The maximum Gasteiger partial charge on any atom is 0.274 e. The Morgan fingerprint density at radius 1 is 1.08 bits per heavy atom. The molecule has 25 heavy (non-hydrogen) atoms. The topological polar surface area (TPSA) is 79.5 Å². The molecule has 0 aliphatic carbocycles. The summed E-state index contributed by atoms with van der Waals surface area (Å²) in [6.45, 7) is 2.79. The highest BCUT2D eigenvalue weighted by Gasteiger charge is 2.44. The second-order valence-corrected chi connectivity index (χ2v) is 6.91. The third-order valence-electron chi connectivity index (χ3n) is 5.22. The lowest BCUT2D eigenvalue weighted by Crippen LogP contribution is -2.47. The molecule has 2 aromatic rings. The zero-order chi connectivity index (χ0) is 17.3. The van der Waals surface area contributed by atoms with Crippen molar-refractivity contribution < 1.29 is 14.0 Å². The van der Waals surface area contributed by atoms with Crippen molar-refractivity contribution >= 4 is 11.8 Å². The van der Waals surface area contributed by atoms with E-state index in [9.17, 15) is 9.59 Å². The van der Waals surface area contributed by atoms with Crippen LogP contribution in [0.15, 0.2) is 41.6 Å². The SMILES string of the molecule is O=C(c1ccoc1)N1CC[C@]2(CCCN(C(=O)c3cnccn3)C2)C1. The smallest absolute Gasteiger partial charge is 0.274 e. The molecular weight excluding hydrogens is 320 g/mol. The molecule has 2 aliphatic heterocycles. The standard InChI is InChI=1S/C18H20N4O3/c23-16(14-2-9-25-11-14)22-8-4-18(13-22)3-1-7-21(12-18)17(24)15-10-19-5-6-20-15/h2,5-6,9-11H,1,3-4,7-8,12-13H2/t18-/m0/s1. The Bertz CT molecular complexity index is 762. The van der Waals surface area contributed by atoms with Crippen molar-refractivity contribution in [1.29, 1.82) is 0 Å². The highest BCUT2D eigenvalue weighted by molar-refractivity contribution is 5.94. The molecule has 2 fully saturated rings. The number of carbonyl (C=O) groups excluding carboxylic acids is 2. The minimum Gasteiger partial charge on any atom is -0.472 e. The Labute approximate surface area is 145 Å². The summed E-state index contributed by atoms with van der Waals surface area (Å²) in [5.74, 6) is -0.0743. The molecule has 4 rings (SSSR count). The molecule has 2 aromatic heterocycles. The first-order chi connectivity index (χ1) is 12.2. The van der Waals surface area contributed by atoms with Crippen LogP contribution in [0.1, 0.15) is 40.1 Å². The van der Waals surface area contributed by atoms with Crippen molar-refractivity contribution in [1.82, 2.24) is 19.8 Å². The number of carbonyl (C=O) groups is 2. The summed E-state index contributed by atoms with van der Waals surface area (Å²) in [5, 5.41) is 0. The molecule has 2 saturated heterocycles. The van der Waals surface area contributed by atoms with Crippen molar-refractivity contribution in [3.05, 3.63) is 48.4 Å². The summed E-state index contributed by atoms with van der Waals surface area (Å²) in [4.78, 5) is 37.0. The highest BCUT2D eigenvalue weighted by atomic mass is 16.3. The van der Waals surface area contributed by atoms with Crippen LogP contribution in [0.2, 0.25) is 0 Å². The molecule has 0 unspecified atom stereocenters. The molecule has 4 heterocycles. The van der Waals surface area contributed by atoms with Crippen LogP contribution in [-0.4, -0.2) is 57.8 Å². The van der Waals surface area contributed by atoms with Crippen molar-refractivity contribution in [3.63, 3.8) is 0 Å². The third-order valence-corrected chi connectivity index (χ3v) is 5.22. The summed E-state index contributed by atoms with van der Waals surface area (Å²) in [5.41, 5.74) is 0.944. The van der Waals surface area contributed by atoms with Crippen LogP contribution in [0, 0.1) is 5.41 Å². The first kappa shape index (κ1) is 15.8. The lowest BCUT2D eigenvalue weighted by atomic mass is 9.79. The summed E-state index contributed by atoms with van der Waals surface area (Å²) in [7, 11) is 0. The van der Waals surface area contributed by atoms with Gasteiger partial charge in [-0.25, -0.2) is 4.98 Å². The van der Waals surface area contributed by atoms with Crippen LogP contribution in [0.3, 0.4) is 0 Å². The number of hydrogen-bond donors (Lipinski definition) is 0. The van der Waals surface area contributed by atoms with E-state index in [0.29, 0.717) is 24.3 Å². The summed E-state index contributed by atoms with van der Waals surface area (Å²) in [6.07, 6.45) is 10.5. The molecule has 0 aromatic carbocycles. The van der Waals surface area contributed by atoms with Crippen LogP contribution in [0.5, 0.6) is 0 Å². The minimum atomic E-state index is -0.0770. The van der Waals surface area contributed by atoms with Crippen LogP contribution in [0.25, 0.3) is 0 Å². The van der Waals surface area contributed by atoms with Gasteiger partial charge in [0.15, 0.2) is 0 Å². The van der Waals surface area contributed by atoms with E-state index in [2.05, 4.69) is 9.97 Å². The van der Waals surface area contributed by atoms with Gasteiger partial charge in [0.1, 0.15) is 12.0 Å². The first-order valence-corrected chi connectivity index (χ1v) is 8.54. The van der Waals surface area contributed by atoms with Gasteiger partial charge >= 0.3 is 0 Å². The van der Waals surface area contributed by atoms with E-state index < -0.39 is 0 Å². The lowest BCUT2D eigenvalue weighted by Gasteiger charge is -2.40. The Morgan fingerprint density at radius 3 is 2.64 bits per heavy atom. The molecule has 0 saturated carbocycles. The van der Waals surface area contributed by atoms with Crippen molar-refractivity contribution in [2.24, 2.45) is 5.41 Å². The summed E-state index contributed by atoms with van der Waals surface area (Å²) < 4.78 is 5.02. The van der Waals surface area contributed by atoms with E-state index in [4.69, 9.17) is 4.42 Å². The largest absolute Gasteiger partial charge is 0.472 e. The normalized spacial score (nSPS) is 23.2. The number of piperidine rings is 1. The van der Waals surface area contributed by atoms with Gasteiger partial charge in [-0.1, -0.05) is 0 Å². The number of nitrogens with zero attached hydrogens (tertiary/aromatic N) is 4. The Hall–Kier alpha value is -2.70. The second kappa shape index (κ2) is 6.31. The second-order valence-electron chi connectivity index (χ2n) is 6.91. The average Bonchev–Trinajstić information content (AvgIpc) is 3.32. The molecular formula is C18H20N4O3. The number of aromatic nitrogens is 2. The molecule has 1 atom stereocenters. The van der Waals surface area contributed by atoms with E-state index in [1.165, 1.54) is 24.9 Å². The molecule has 2 aliphatic rings. The van der Waals surface area contributed by atoms with Crippen LogP contribution in [0.4, 0.5) is 0 Å². The van der Waals surface area contributed by atoms with Crippen LogP contribution < -0.4 is 0 Å². The van der Waals surface area contributed by atoms with E-state index in [-0.39, 0.29) is 17.2 Å². The molecule has 2 amide bonds. The van der Waals surface area contributed by atoms with E-state index in [1.54, 1.807) is 12.3 Å². The van der Waals surface area contributed by atoms with Gasteiger partial charge in [0.05, 0.1) is 18.0 Å². The van der Waals surface area contributed by atoms with Gasteiger partial charge in [-0.2, -0.15) is 0 Å². The number of furan rings is 1. The maximum absolute atomic E-state index is 12.7. The minimum absolute atomic E-state index is 0.00278. The van der Waals surface area contributed by atoms with E-state index in [1.807, 2.05) is 9.80 Å². The fourth-order valence-electron chi connectivity index (χ4n) is 3.96. The molecule has 1 spiro atoms. The molecule has 7 nitrogen and oxygen atoms in total. The summed E-state index contributed by atoms with van der Waals surface area (Å²) in [6, 6.07) is 1.69. The molecule has 0 bridgehead atoms. The van der Waals surface area contributed by atoms with Gasteiger partial charge < -0.3 is 14.2 Å². The van der Waals surface area contributed by atoms with Gasteiger partial charge in [0.2, 0.25) is 0 Å². The maximum atomic E-state index is 12.7. The van der Waals surface area contributed by atoms with Gasteiger partial charge in [-0.3, -0.25) is 14.6 Å². The van der Waals surface area contributed by atoms with Crippen molar-refractivity contribution in [2.45, 2.75) is 19.3 Å². The molecule has 130 valence electrons. The average molecular weight is 340 g/mol. The van der Waals surface area contributed by atoms with Crippen LogP contribution in [-0.2, 0) is 0 Å². The zero-order valence-electron chi connectivity index (χ0n) is 13.9. The number of amides is 2. The van der Waals surface area contributed by atoms with E-state index in [0.717, 1.165) is 32.4 Å². The number of likely N-dealkylation sites (tertiary alicyclic amines) is 2. The lowest BCUT2D eigenvalue weighted by molar-refractivity contribution is 0.0510. The van der Waals surface area contributed by atoms with Gasteiger partial charge in [0, 0.05) is 44.0 Å². The Kier molecular flexibility index (Phi) is 3.99. The van der Waals surface area contributed by atoms with Crippen LogP contribution >= 0.6 is 0 Å². The highest BCUT2D eigenvalue weighted by Crippen LogP contribution is 2.39. The van der Waals surface area contributed by atoms with Gasteiger partial charge in [-0.15, -0.1) is 0 Å². The third kappa shape index (κ3) is 3.01. The molecule has 0 N–H and O–H groups in total. The van der Waals surface area contributed by atoms with Gasteiger partial charge in [-0.05, 0) is 25.3 Å². The quantitative estimate of drug-likeness (QED) is 0.833. The Balaban J connectivity index is 1.46. The first-order valence-electron chi connectivity index (χ1n) is 8.54. The molecule has 0 radical (unpaired) electrons. The monoisotopic (exact) mass is 340 g/mol. The van der Waals surface area contributed by atoms with Crippen molar-refractivity contribution in [3.8, 4) is 0 Å². The number of rotatable bonds is 2. The zero-order valence-corrected chi connectivity index (χ0v) is 13.9. The fraction of sp³-hybridized carbons (Fsp3) is 0.444. The predicted octanol–water partition coefficient (Wildman–Crippen LogP) is 1.84.